The van der Waals surface area contributed by atoms with Crippen molar-refractivity contribution >= 4 is 27.5 Å². The molecule has 0 spiro atoms. The van der Waals surface area contributed by atoms with Crippen molar-refractivity contribution in [2.75, 3.05) is 18.9 Å². The summed E-state index contributed by atoms with van der Waals surface area (Å²) in [6.07, 6.45) is 0. The third-order valence-electron chi connectivity index (χ3n) is 3.19. The molecule has 0 atom stereocenters. The SMILES string of the molecule is CN(CC(=O)Nc1c(F)cc(F)cc1Br)Cc1cccc(C#N)c1. The minimum Gasteiger partial charge on any atom is -0.322 e. The Balaban J connectivity index is 1.98. The first-order chi connectivity index (χ1) is 11.4. The van der Waals surface area contributed by atoms with Crippen molar-refractivity contribution in [3.05, 3.63) is 63.6 Å². The molecule has 24 heavy (non-hydrogen) atoms. The number of hydrogen-bond acceptors (Lipinski definition) is 3. The maximum Gasteiger partial charge on any atom is 0.238 e. The molecule has 2 rings (SSSR count). The van der Waals surface area contributed by atoms with Gasteiger partial charge >= 0.3 is 0 Å². The molecule has 1 amide bonds. The lowest BCUT2D eigenvalue weighted by Gasteiger charge is -2.17. The highest BCUT2D eigenvalue weighted by atomic mass is 79.9. The number of halogens is 3. The Labute approximate surface area is 146 Å². The van der Waals surface area contributed by atoms with Crippen LogP contribution in [0.15, 0.2) is 40.9 Å². The number of carbonyl (C=O) groups is 1. The lowest BCUT2D eigenvalue weighted by molar-refractivity contribution is -0.117. The third-order valence-corrected chi connectivity index (χ3v) is 3.82. The average Bonchev–Trinajstić information content (AvgIpc) is 2.50. The molecule has 0 saturated heterocycles. The van der Waals surface area contributed by atoms with Crippen LogP contribution in [0.5, 0.6) is 0 Å². The van der Waals surface area contributed by atoms with Crippen molar-refractivity contribution in [1.29, 1.82) is 5.26 Å². The van der Waals surface area contributed by atoms with Crippen molar-refractivity contribution < 1.29 is 13.6 Å². The van der Waals surface area contributed by atoms with Crippen LogP contribution in [0.1, 0.15) is 11.1 Å². The predicted molar refractivity (Wildman–Crippen MR) is 90.2 cm³/mol. The van der Waals surface area contributed by atoms with E-state index in [0.717, 1.165) is 11.6 Å². The van der Waals surface area contributed by atoms with Gasteiger partial charge in [0.05, 0.1) is 23.9 Å². The van der Waals surface area contributed by atoms with Gasteiger partial charge in [-0.15, -0.1) is 0 Å². The smallest absolute Gasteiger partial charge is 0.238 e. The van der Waals surface area contributed by atoms with Crippen LogP contribution in [0.25, 0.3) is 0 Å². The van der Waals surface area contributed by atoms with Gasteiger partial charge < -0.3 is 5.32 Å². The molecule has 2 aromatic carbocycles. The Hall–Kier alpha value is -2.30. The van der Waals surface area contributed by atoms with Gasteiger partial charge in [0, 0.05) is 17.1 Å². The summed E-state index contributed by atoms with van der Waals surface area (Å²) in [4.78, 5) is 13.8. The van der Waals surface area contributed by atoms with Gasteiger partial charge in [0.2, 0.25) is 5.91 Å². The highest BCUT2D eigenvalue weighted by Gasteiger charge is 2.14. The van der Waals surface area contributed by atoms with Crippen LogP contribution >= 0.6 is 15.9 Å². The van der Waals surface area contributed by atoms with Gasteiger partial charge in [-0.05, 0) is 46.7 Å². The minimum absolute atomic E-state index is 0.0139. The van der Waals surface area contributed by atoms with E-state index < -0.39 is 17.5 Å². The Morgan fingerprint density at radius 1 is 1.33 bits per heavy atom. The average molecular weight is 394 g/mol. The highest BCUT2D eigenvalue weighted by Crippen LogP contribution is 2.26. The molecule has 2 aromatic rings. The van der Waals surface area contributed by atoms with Crippen LogP contribution in [-0.2, 0) is 11.3 Å². The first kappa shape index (κ1) is 18.0. The molecule has 4 nitrogen and oxygen atoms in total. The number of amides is 1. The standard InChI is InChI=1S/C17H14BrF2N3O/c1-23(9-12-4-2-3-11(5-12)8-21)10-16(24)22-17-14(18)6-13(19)7-15(17)20/h2-7H,9-10H2,1H3,(H,22,24). The maximum atomic E-state index is 13.7. The molecular weight excluding hydrogens is 380 g/mol. The lowest BCUT2D eigenvalue weighted by atomic mass is 10.1. The normalized spacial score (nSPS) is 10.5. The summed E-state index contributed by atoms with van der Waals surface area (Å²) in [6.45, 7) is 0.468. The summed E-state index contributed by atoms with van der Waals surface area (Å²) in [5.41, 5.74) is 1.34. The van der Waals surface area contributed by atoms with Crippen molar-refractivity contribution in [3.63, 3.8) is 0 Å². The van der Waals surface area contributed by atoms with Crippen LogP contribution in [0.4, 0.5) is 14.5 Å². The number of likely N-dealkylation sites (N-methyl/N-ethyl adjacent to an activating group) is 1. The second-order valence-corrected chi connectivity index (χ2v) is 6.13. The Morgan fingerprint density at radius 3 is 2.75 bits per heavy atom. The molecule has 7 heteroatoms. The molecule has 0 bridgehead atoms. The van der Waals surface area contributed by atoms with E-state index in [2.05, 4.69) is 27.3 Å². The first-order valence-corrected chi connectivity index (χ1v) is 7.80. The van der Waals surface area contributed by atoms with E-state index in [0.29, 0.717) is 18.2 Å². The number of rotatable bonds is 5. The summed E-state index contributed by atoms with van der Waals surface area (Å²) in [5.74, 6) is -2.01. The van der Waals surface area contributed by atoms with Crippen LogP contribution in [0, 0.1) is 23.0 Å². The van der Waals surface area contributed by atoms with Gasteiger partial charge in [0.1, 0.15) is 5.82 Å². The molecule has 0 saturated carbocycles. The van der Waals surface area contributed by atoms with Gasteiger partial charge in [-0.3, -0.25) is 9.69 Å². The van der Waals surface area contributed by atoms with E-state index in [1.165, 1.54) is 0 Å². The zero-order valence-electron chi connectivity index (χ0n) is 12.8. The van der Waals surface area contributed by atoms with E-state index in [-0.39, 0.29) is 16.7 Å². The molecule has 0 aliphatic rings. The van der Waals surface area contributed by atoms with Gasteiger partial charge in [0.15, 0.2) is 5.82 Å². The molecule has 0 aromatic heterocycles. The summed E-state index contributed by atoms with van der Waals surface area (Å²) < 4.78 is 26.9. The molecule has 1 N–H and O–H groups in total. The maximum absolute atomic E-state index is 13.7. The highest BCUT2D eigenvalue weighted by molar-refractivity contribution is 9.10. The zero-order chi connectivity index (χ0) is 17.7. The van der Waals surface area contributed by atoms with E-state index in [1.54, 1.807) is 30.1 Å². The first-order valence-electron chi connectivity index (χ1n) is 7.01. The zero-order valence-corrected chi connectivity index (χ0v) is 14.4. The lowest BCUT2D eigenvalue weighted by Crippen LogP contribution is -2.30. The Bertz CT molecular complexity index is 782. The third kappa shape index (κ3) is 4.85. The number of nitrogens with one attached hydrogen (secondary N) is 1. The topological polar surface area (TPSA) is 56.1 Å². The monoisotopic (exact) mass is 393 g/mol. The minimum atomic E-state index is -0.848. The second kappa shape index (κ2) is 7.99. The fraction of sp³-hybridized carbons (Fsp3) is 0.176. The molecule has 0 fully saturated rings. The number of anilines is 1. The van der Waals surface area contributed by atoms with Gasteiger partial charge in [-0.2, -0.15) is 5.26 Å². The van der Waals surface area contributed by atoms with Crippen LogP contribution in [0.3, 0.4) is 0 Å². The predicted octanol–water partition coefficient (Wildman–Crippen LogP) is 3.67. The number of hydrogen-bond donors (Lipinski definition) is 1. The van der Waals surface area contributed by atoms with E-state index >= 15 is 0 Å². The summed E-state index contributed by atoms with van der Waals surface area (Å²) in [7, 11) is 1.73. The van der Waals surface area contributed by atoms with Gasteiger partial charge in [-0.25, -0.2) is 8.78 Å². The molecular formula is C17H14BrF2N3O. The van der Waals surface area contributed by atoms with Crippen LogP contribution in [-0.4, -0.2) is 24.4 Å². The van der Waals surface area contributed by atoms with Gasteiger partial charge in [-0.1, -0.05) is 12.1 Å². The molecule has 0 aliphatic heterocycles. The van der Waals surface area contributed by atoms with Crippen LogP contribution < -0.4 is 5.32 Å². The van der Waals surface area contributed by atoms with E-state index in [9.17, 15) is 13.6 Å². The second-order valence-electron chi connectivity index (χ2n) is 5.28. The largest absolute Gasteiger partial charge is 0.322 e. The Morgan fingerprint density at radius 2 is 2.08 bits per heavy atom. The molecule has 0 heterocycles. The number of carbonyl (C=O) groups excluding carboxylic acids is 1. The molecule has 0 unspecified atom stereocenters. The number of nitriles is 1. The van der Waals surface area contributed by atoms with Gasteiger partial charge in [0.25, 0.3) is 0 Å². The quantitative estimate of drug-likeness (QED) is 0.842. The van der Waals surface area contributed by atoms with Crippen molar-refractivity contribution in [3.8, 4) is 6.07 Å². The van der Waals surface area contributed by atoms with E-state index in [1.807, 2.05) is 6.07 Å². The number of benzene rings is 2. The van der Waals surface area contributed by atoms with Crippen molar-refractivity contribution in [1.82, 2.24) is 4.90 Å². The summed E-state index contributed by atoms with van der Waals surface area (Å²) >= 11 is 3.02. The fourth-order valence-electron chi connectivity index (χ4n) is 2.19. The van der Waals surface area contributed by atoms with Crippen LogP contribution in [0.2, 0.25) is 0 Å². The van der Waals surface area contributed by atoms with E-state index in [4.69, 9.17) is 5.26 Å². The van der Waals surface area contributed by atoms with Crippen molar-refractivity contribution in [2.24, 2.45) is 0 Å². The number of nitrogens with zero attached hydrogens (tertiary/aromatic N) is 2. The molecule has 0 aliphatic carbocycles. The summed E-state index contributed by atoms with van der Waals surface area (Å²) in [5, 5.41) is 11.3. The molecule has 124 valence electrons. The molecule has 0 radical (unpaired) electrons. The Kier molecular flexibility index (Phi) is 6.01. The van der Waals surface area contributed by atoms with Crippen molar-refractivity contribution in [2.45, 2.75) is 6.54 Å². The summed E-state index contributed by atoms with van der Waals surface area (Å²) in [6, 6.07) is 10.9. The fourth-order valence-corrected chi connectivity index (χ4v) is 2.70.